The van der Waals surface area contributed by atoms with Gasteiger partial charge in [-0.05, 0) is 57.4 Å². The Morgan fingerprint density at radius 3 is 2.35 bits per heavy atom. The molecule has 1 aromatic heterocycles. The highest BCUT2D eigenvalue weighted by Gasteiger charge is 2.07. The Hall–Kier alpha value is -2.76. The standard InChI is InChI=1S/C20H26N2O4/c1-14(2)25-19-12-11-18(13-21-19)26-17-9-7-16(8-10-17)6-5-15(3)22-20(23)24-4/h7-15H,5-6H2,1-4H3,(H,22,23). The molecule has 0 bridgehead atoms. The summed E-state index contributed by atoms with van der Waals surface area (Å²) in [5.74, 6) is 1.98. The van der Waals surface area contributed by atoms with E-state index >= 15 is 0 Å². The fraction of sp³-hybridized carbons (Fsp3) is 0.400. The zero-order chi connectivity index (χ0) is 18.9. The van der Waals surface area contributed by atoms with Crippen LogP contribution in [0.5, 0.6) is 17.4 Å². The molecule has 1 amide bonds. The number of aryl methyl sites for hydroxylation is 1. The summed E-state index contributed by atoms with van der Waals surface area (Å²) >= 11 is 0. The molecule has 2 aromatic rings. The first-order valence-corrected chi connectivity index (χ1v) is 8.70. The Kier molecular flexibility index (Phi) is 7.26. The molecule has 140 valence electrons. The summed E-state index contributed by atoms with van der Waals surface area (Å²) in [4.78, 5) is 15.4. The van der Waals surface area contributed by atoms with Crippen molar-refractivity contribution in [3.8, 4) is 17.4 Å². The maximum Gasteiger partial charge on any atom is 0.407 e. The second kappa shape index (κ2) is 9.65. The third-order valence-electron chi connectivity index (χ3n) is 3.64. The fourth-order valence-electron chi connectivity index (χ4n) is 2.31. The molecule has 0 spiro atoms. The van der Waals surface area contributed by atoms with Crippen molar-refractivity contribution in [1.29, 1.82) is 0 Å². The van der Waals surface area contributed by atoms with Gasteiger partial charge in [0.15, 0.2) is 0 Å². The molecule has 0 aliphatic carbocycles. The lowest BCUT2D eigenvalue weighted by atomic mass is 10.1. The van der Waals surface area contributed by atoms with Gasteiger partial charge in [0, 0.05) is 12.1 Å². The SMILES string of the molecule is COC(=O)NC(C)CCc1ccc(Oc2ccc(OC(C)C)nc2)cc1. The highest BCUT2D eigenvalue weighted by Crippen LogP contribution is 2.23. The lowest BCUT2D eigenvalue weighted by molar-refractivity contribution is 0.167. The molecule has 0 saturated heterocycles. The van der Waals surface area contributed by atoms with Gasteiger partial charge >= 0.3 is 6.09 Å². The number of carbonyl (C=O) groups is 1. The van der Waals surface area contributed by atoms with Crippen LogP contribution in [-0.4, -0.2) is 30.3 Å². The van der Waals surface area contributed by atoms with E-state index in [1.807, 2.05) is 51.1 Å². The van der Waals surface area contributed by atoms with Gasteiger partial charge in [0.25, 0.3) is 0 Å². The van der Waals surface area contributed by atoms with Gasteiger partial charge in [-0.3, -0.25) is 0 Å². The van der Waals surface area contributed by atoms with E-state index in [9.17, 15) is 4.79 Å². The number of nitrogens with one attached hydrogen (secondary N) is 1. The van der Waals surface area contributed by atoms with Crippen LogP contribution in [0.3, 0.4) is 0 Å². The minimum Gasteiger partial charge on any atom is -0.475 e. The third kappa shape index (κ3) is 6.63. The molecule has 1 unspecified atom stereocenters. The Bertz CT molecular complexity index is 684. The van der Waals surface area contributed by atoms with Crippen LogP contribution in [0.25, 0.3) is 0 Å². The zero-order valence-corrected chi connectivity index (χ0v) is 15.7. The average molecular weight is 358 g/mol. The van der Waals surface area contributed by atoms with Crippen LogP contribution in [0.2, 0.25) is 0 Å². The number of aromatic nitrogens is 1. The normalized spacial score (nSPS) is 11.7. The van der Waals surface area contributed by atoms with Gasteiger partial charge in [0.1, 0.15) is 11.5 Å². The van der Waals surface area contributed by atoms with Gasteiger partial charge < -0.3 is 19.5 Å². The van der Waals surface area contributed by atoms with Crippen LogP contribution in [0.1, 0.15) is 32.8 Å². The summed E-state index contributed by atoms with van der Waals surface area (Å²) < 4.78 is 15.9. The monoisotopic (exact) mass is 358 g/mol. The quantitative estimate of drug-likeness (QED) is 0.760. The molecular formula is C20H26N2O4. The molecule has 1 atom stereocenters. The molecule has 0 aliphatic rings. The molecule has 0 radical (unpaired) electrons. The van der Waals surface area contributed by atoms with Crippen molar-refractivity contribution in [2.45, 2.75) is 45.8 Å². The smallest absolute Gasteiger partial charge is 0.407 e. The number of nitrogens with zero attached hydrogens (tertiary/aromatic N) is 1. The molecule has 0 fully saturated rings. The summed E-state index contributed by atoms with van der Waals surface area (Å²) in [6.45, 7) is 5.87. The number of hydrogen-bond acceptors (Lipinski definition) is 5. The maximum absolute atomic E-state index is 11.2. The van der Waals surface area contributed by atoms with Gasteiger partial charge in [0.05, 0.1) is 19.4 Å². The van der Waals surface area contributed by atoms with Crippen molar-refractivity contribution in [1.82, 2.24) is 10.3 Å². The van der Waals surface area contributed by atoms with Crippen molar-refractivity contribution in [3.05, 3.63) is 48.2 Å². The van der Waals surface area contributed by atoms with E-state index in [0.29, 0.717) is 11.6 Å². The van der Waals surface area contributed by atoms with Gasteiger partial charge in [-0.1, -0.05) is 12.1 Å². The summed E-state index contributed by atoms with van der Waals surface area (Å²) in [6, 6.07) is 11.6. The van der Waals surface area contributed by atoms with E-state index < -0.39 is 6.09 Å². The van der Waals surface area contributed by atoms with E-state index in [2.05, 4.69) is 15.0 Å². The molecule has 26 heavy (non-hydrogen) atoms. The Morgan fingerprint density at radius 1 is 1.08 bits per heavy atom. The van der Waals surface area contributed by atoms with E-state index in [0.717, 1.165) is 18.6 Å². The van der Waals surface area contributed by atoms with Crippen molar-refractivity contribution >= 4 is 6.09 Å². The largest absolute Gasteiger partial charge is 0.475 e. The van der Waals surface area contributed by atoms with Crippen molar-refractivity contribution in [2.75, 3.05) is 7.11 Å². The Balaban J connectivity index is 1.84. The predicted octanol–water partition coefficient (Wildman–Crippen LogP) is 4.34. The molecule has 1 aromatic carbocycles. The number of alkyl carbamates (subject to hydrolysis) is 1. The van der Waals surface area contributed by atoms with E-state index in [4.69, 9.17) is 9.47 Å². The molecule has 1 N–H and O–H groups in total. The minimum atomic E-state index is -0.403. The average Bonchev–Trinajstić information content (AvgIpc) is 2.62. The summed E-state index contributed by atoms with van der Waals surface area (Å²) in [5, 5.41) is 2.76. The maximum atomic E-state index is 11.2. The van der Waals surface area contributed by atoms with Crippen molar-refractivity contribution in [2.24, 2.45) is 0 Å². The number of methoxy groups -OCH3 is 1. The highest BCUT2D eigenvalue weighted by atomic mass is 16.5. The van der Waals surface area contributed by atoms with Crippen LogP contribution in [0.15, 0.2) is 42.6 Å². The lowest BCUT2D eigenvalue weighted by Crippen LogP contribution is -2.32. The topological polar surface area (TPSA) is 69.7 Å². The molecule has 0 saturated carbocycles. The second-order valence-electron chi connectivity index (χ2n) is 6.32. The number of amides is 1. The van der Waals surface area contributed by atoms with E-state index in [1.165, 1.54) is 12.7 Å². The molecule has 2 rings (SSSR count). The Labute approximate surface area is 154 Å². The predicted molar refractivity (Wildman–Crippen MR) is 99.8 cm³/mol. The van der Waals surface area contributed by atoms with Crippen LogP contribution in [0.4, 0.5) is 4.79 Å². The van der Waals surface area contributed by atoms with Gasteiger partial charge in [0.2, 0.25) is 5.88 Å². The summed E-state index contributed by atoms with van der Waals surface area (Å²) in [6.07, 6.45) is 3.02. The number of ether oxygens (including phenoxy) is 3. The van der Waals surface area contributed by atoms with Crippen LogP contribution < -0.4 is 14.8 Å². The van der Waals surface area contributed by atoms with Crippen LogP contribution >= 0.6 is 0 Å². The second-order valence-corrected chi connectivity index (χ2v) is 6.32. The lowest BCUT2D eigenvalue weighted by Gasteiger charge is -2.13. The third-order valence-corrected chi connectivity index (χ3v) is 3.64. The molecule has 6 nitrogen and oxygen atoms in total. The Morgan fingerprint density at radius 2 is 1.77 bits per heavy atom. The first-order chi connectivity index (χ1) is 12.5. The number of pyridine rings is 1. The van der Waals surface area contributed by atoms with E-state index in [-0.39, 0.29) is 12.1 Å². The molecule has 6 heteroatoms. The molecule has 1 heterocycles. The van der Waals surface area contributed by atoms with Gasteiger partial charge in [-0.15, -0.1) is 0 Å². The molecular weight excluding hydrogens is 332 g/mol. The number of carbonyl (C=O) groups excluding carboxylic acids is 1. The van der Waals surface area contributed by atoms with Gasteiger partial charge in [-0.2, -0.15) is 0 Å². The van der Waals surface area contributed by atoms with E-state index in [1.54, 1.807) is 12.3 Å². The number of rotatable bonds is 8. The summed E-state index contributed by atoms with van der Waals surface area (Å²) in [5.41, 5.74) is 1.18. The first kappa shape index (κ1) is 19.6. The summed E-state index contributed by atoms with van der Waals surface area (Å²) in [7, 11) is 1.36. The van der Waals surface area contributed by atoms with Gasteiger partial charge in [-0.25, -0.2) is 9.78 Å². The first-order valence-electron chi connectivity index (χ1n) is 8.70. The fourth-order valence-corrected chi connectivity index (χ4v) is 2.31. The minimum absolute atomic E-state index is 0.0519. The van der Waals surface area contributed by atoms with Crippen molar-refractivity contribution in [3.63, 3.8) is 0 Å². The van der Waals surface area contributed by atoms with Crippen LogP contribution in [0, 0.1) is 0 Å². The van der Waals surface area contributed by atoms with Crippen LogP contribution in [-0.2, 0) is 11.2 Å². The molecule has 0 aliphatic heterocycles. The number of benzene rings is 1. The van der Waals surface area contributed by atoms with Crippen molar-refractivity contribution < 1.29 is 19.0 Å². The zero-order valence-electron chi connectivity index (χ0n) is 15.7. The number of hydrogen-bond donors (Lipinski definition) is 1. The highest BCUT2D eigenvalue weighted by molar-refractivity contribution is 5.67.